The maximum atomic E-state index is 11.5. The van der Waals surface area contributed by atoms with Gasteiger partial charge in [0.05, 0.1) is 12.6 Å². The second-order valence-corrected chi connectivity index (χ2v) is 3.45. The van der Waals surface area contributed by atoms with Crippen LogP contribution in [0.1, 0.15) is 6.92 Å². The summed E-state index contributed by atoms with van der Waals surface area (Å²) in [5.41, 5.74) is 0. The Morgan fingerprint density at radius 1 is 1.24 bits per heavy atom. The first-order chi connectivity index (χ1) is 7.86. The number of carboxylic acid groups (broad SMARTS) is 2. The van der Waals surface area contributed by atoms with E-state index in [1.54, 1.807) is 6.92 Å². The number of carbonyl (C=O) groups is 3. The zero-order valence-corrected chi connectivity index (χ0v) is 9.67. The van der Waals surface area contributed by atoms with Gasteiger partial charge in [-0.1, -0.05) is 0 Å². The molecule has 0 aromatic rings. The normalized spacial score (nSPS) is 11.6. The average molecular weight is 248 g/mol. The molecular weight excluding hydrogens is 232 g/mol. The SMILES string of the molecule is COCC(C)NC(=O)N(CC(=O)O)CC(=O)O. The number of ether oxygens (including phenoxy) is 1. The molecule has 0 fully saturated rings. The summed E-state index contributed by atoms with van der Waals surface area (Å²) in [6.45, 7) is 0.566. The number of carbonyl (C=O) groups excluding carboxylic acids is 1. The van der Waals surface area contributed by atoms with Gasteiger partial charge in [-0.15, -0.1) is 0 Å². The van der Waals surface area contributed by atoms with Gasteiger partial charge in [0.2, 0.25) is 0 Å². The van der Waals surface area contributed by atoms with Gasteiger partial charge in [0.25, 0.3) is 0 Å². The molecule has 0 saturated carbocycles. The predicted octanol–water partition coefficient (Wildman–Crippen LogP) is -0.798. The lowest BCUT2D eigenvalue weighted by molar-refractivity contribution is -0.140. The molecule has 0 aromatic heterocycles. The number of amides is 2. The number of rotatable bonds is 7. The molecule has 2 amide bonds. The minimum absolute atomic E-state index is 0.250. The summed E-state index contributed by atoms with van der Waals surface area (Å²) in [6, 6.07) is -1.09. The molecule has 8 nitrogen and oxygen atoms in total. The Hall–Kier alpha value is -1.83. The quantitative estimate of drug-likeness (QED) is 0.543. The van der Waals surface area contributed by atoms with Gasteiger partial charge in [-0.05, 0) is 6.92 Å². The fraction of sp³-hybridized carbons (Fsp3) is 0.667. The van der Waals surface area contributed by atoms with Crippen LogP contribution in [0.4, 0.5) is 4.79 Å². The lowest BCUT2D eigenvalue weighted by Crippen LogP contribution is -2.48. The van der Waals surface area contributed by atoms with Crippen LogP contribution in [-0.4, -0.2) is 65.9 Å². The monoisotopic (exact) mass is 248 g/mol. The van der Waals surface area contributed by atoms with E-state index in [0.717, 1.165) is 0 Å². The fourth-order valence-corrected chi connectivity index (χ4v) is 1.12. The van der Waals surface area contributed by atoms with Gasteiger partial charge >= 0.3 is 18.0 Å². The highest BCUT2D eigenvalue weighted by Crippen LogP contribution is 1.93. The first-order valence-electron chi connectivity index (χ1n) is 4.84. The minimum Gasteiger partial charge on any atom is -0.480 e. The van der Waals surface area contributed by atoms with Crippen LogP contribution in [-0.2, 0) is 14.3 Å². The second-order valence-electron chi connectivity index (χ2n) is 3.45. The largest absolute Gasteiger partial charge is 0.480 e. The Balaban J connectivity index is 4.40. The lowest BCUT2D eigenvalue weighted by atomic mass is 10.3. The Morgan fingerprint density at radius 3 is 2.06 bits per heavy atom. The number of nitrogens with zero attached hydrogens (tertiary/aromatic N) is 1. The highest BCUT2D eigenvalue weighted by atomic mass is 16.5. The molecule has 0 spiro atoms. The topological polar surface area (TPSA) is 116 Å². The van der Waals surface area contributed by atoms with E-state index in [4.69, 9.17) is 14.9 Å². The number of hydrogen-bond donors (Lipinski definition) is 3. The Labute approximate surface area is 98.2 Å². The molecule has 0 bridgehead atoms. The maximum absolute atomic E-state index is 11.5. The number of methoxy groups -OCH3 is 1. The third-order valence-electron chi connectivity index (χ3n) is 1.73. The summed E-state index contributed by atoms with van der Waals surface area (Å²) < 4.78 is 4.78. The first-order valence-corrected chi connectivity index (χ1v) is 4.84. The van der Waals surface area contributed by atoms with Crippen molar-refractivity contribution in [3.63, 3.8) is 0 Å². The van der Waals surface area contributed by atoms with E-state index in [1.165, 1.54) is 7.11 Å². The number of urea groups is 1. The Bertz CT molecular complexity index is 277. The Kier molecular flexibility index (Phi) is 6.64. The van der Waals surface area contributed by atoms with Crippen LogP contribution in [0.15, 0.2) is 0 Å². The van der Waals surface area contributed by atoms with Crippen molar-refractivity contribution in [1.82, 2.24) is 10.2 Å². The molecule has 0 aromatic carbocycles. The van der Waals surface area contributed by atoms with Gasteiger partial charge in [-0.3, -0.25) is 9.59 Å². The van der Waals surface area contributed by atoms with E-state index >= 15 is 0 Å². The van der Waals surface area contributed by atoms with Crippen LogP contribution >= 0.6 is 0 Å². The molecule has 0 rings (SSSR count). The molecule has 98 valence electrons. The van der Waals surface area contributed by atoms with Gasteiger partial charge in [-0.2, -0.15) is 0 Å². The van der Waals surface area contributed by atoms with Crippen LogP contribution in [0, 0.1) is 0 Å². The summed E-state index contributed by atoms with van der Waals surface area (Å²) in [4.78, 5) is 33.2. The van der Waals surface area contributed by atoms with Crippen molar-refractivity contribution in [2.24, 2.45) is 0 Å². The van der Waals surface area contributed by atoms with E-state index in [-0.39, 0.29) is 12.6 Å². The van der Waals surface area contributed by atoms with Crippen LogP contribution < -0.4 is 5.32 Å². The van der Waals surface area contributed by atoms with Gasteiger partial charge in [0.1, 0.15) is 13.1 Å². The molecule has 0 aliphatic heterocycles. The van der Waals surface area contributed by atoms with Crippen molar-refractivity contribution in [2.45, 2.75) is 13.0 Å². The van der Waals surface area contributed by atoms with Crippen molar-refractivity contribution in [2.75, 3.05) is 26.8 Å². The molecule has 0 heterocycles. The summed E-state index contributed by atoms with van der Waals surface area (Å²) in [7, 11) is 1.45. The number of hydrogen-bond acceptors (Lipinski definition) is 4. The zero-order valence-electron chi connectivity index (χ0n) is 9.67. The van der Waals surface area contributed by atoms with Crippen LogP contribution in [0.2, 0.25) is 0 Å². The number of aliphatic carboxylic acids is 2. The minimum atomic E-state index is -1.28. The molecule has 1 unspecified atom stereocenters. The van der Waals surface area contributed by atoms with Gasteiger partial charge in [0.15, 0.2) is 0 Å². The van der Waals surface area contributed by atoms with E-state index in [2.05, 4.69) is 5.32 Å². The first kappa shape index (κ1) is 15.2. The third-order valence-corrected chi connectivity index (χ3v) is 1.73. The van der Waals surface area contributed by atoms with Gasteiger partial charge in [0, 0.05) is 7.11 Å². The molecular formula is C9H16N2O6. The van der Waals surface area contributed by atoms with Crippen LogP contribution in [0.3, 0.4) is 0 Å². The van der Waals surface area contributed by atoms with E-state index in [9.17, 15) is 14.4 Å². The smallest absolute Gasteiger partial charge is 0.323 e. The second kappa shape index (κ2) is 7.44. The standard InChI is InChI=1S/C9H16N2O6/c1-6(5-17-2)10-9(16)11(3-7(12)13)4-8(14)15/h6H,3-5H2,1-2H3,(H,10,16)(H,12,13)(H,14,15). The van der Waals surface area contributed by atoms with Crippen molar-refractivity contribution < 1.29 is 29.3 Å². The molecule has 8 heteroatoms. The zero-order chi connectivity index (χ0) is 13.4. The molecule has 17 heavy (non-hydrogen) atoms. The van der Waals surface area contributed by atoms with Crippen molar-refractivity contribution in [1.29, 1.82) is 0 Å². The molecule has 0 aliphatic rings. The Morgan fingerprint density at radius 2 is 1.71 bits per heavy atom. The summed E-state index contributed by atoms with van der Waals surface area (Å²) >= 11 is 0. The maximum Gasteiger partial charge on any atom is 0.323 e. The van der Waals surface area contributed by atoms with E-state index in [0.29, 0.717) is 4.90 Å². The lowest BCUT2D eigenvalue weighted by Gasteiger charge is -2.21. The highest BCUT2D eigenvalue weighted by molar-refractivity contribution is 5.84. The van der Waals surface area contributed by atoms with Crippen molar-refractivity contribution in [3.8, 4) is 0 Å². The van der Waals surface area contributed by atoms with Gasteiger partial charge < -0.3 is 25.2 Å². The highest BCUT2D eigenvalue weighted by Gasteiger charge is 2.20. The fourth-order valence-electron chi connectivity index (χ4n) is 1.12. The molecule has 0 radical (unpaired) electrons. The van der Waals surface area contributed by atoms with E-state index < -0.39 is 31.1 Å². The van der Waals surface area contributed by atoms with Crippen molar-refractivity contribution in [3.05, 3.63) is 0 Å². The predicted molar refractivity (Wildman–Crippen MR) is 56.7 cm³/mol. The average Bonchev–Trinajstić information content (AvgIpc) is 2.15. The summed E-state index contributed by atoms with van der Waals surface area (Å²) in [5.74, 6) is -2.55. The molecule has 0 aliphatic carbocycles. The van der Waals surface area contributed by atoms with Crippen molar-refractivity contribution >= 4 is 18.0 Å². The number of nitrogens with one attached hydrogen (secondary N) is 1. The summed E-state index contributed by atoms with van der Waals surface area (Å²) in [5, 5.41) is 19.5. The van der Waals surface area contributed by atoms with E-state index in [1.807, 2.05) is 0 Å². The van der Waals surface area contributed by atoms with Gasteiger partial charge in [-0.25, -0.2) is 4.79 Å². The number of carboxylic acids is 2. The van der Waals surface area contributed by atoms with Crippen LogP contribution in [0.25, 0.3) is 0 Å². The van der Waals surface area contributed by atoms with Crippen LogP contribution in [0.5, 0.6) is 0 Å². The third kappa shape index (κ3) is 7.12. The molecule has 3 N–H and O–H groups in total. The molecule has 1 atom stereocenters. The molecule has 0 saturated heterocycles. The summed E-state index contributed by atoms with van der Waals surface area (Å²) in [6.07, 6.45) is 0.